The minimum atomic E-state index is -0.0810. The highest BCUT2D eigenvalue weighted by atomic mass is 16.5. The number of rotatable bonds is 3. The average molecular weight is 299 g/mol. The summed E-state index contributed by atoms with van der Waals surface area (Å²) in [5.74, 6) is 0. The Kier molecular flexibility index (Phi) is 4.53. The van der Waals surface area contributed by atoms with Crippen LogP contribution in [0.15, 0.2) is 36.5 Å². The van der Waals surface area contributed by atoms with Gasteiger partial charge in [0, 0.05) is 31.3 Å². The van der Waals surface area contributed by atoms with Gasteiger partial charge >= 0.3 is 6.03 Å². The fourth-order valence-corrected chi connectivity index (χ4v) is 2.89. The predicted molar refractivity (Wildman–Crippen MR) is 87.0 cm³/mol. The number of nitrogens with one attached hydrogen (secondary N) is 1. The number of benzene rings is 1. The van der Waals surface area contributed by atoms with Crippen molar-refractivity contribution in [2.45, 2.75) is 25.9 Å². The maximum atomic E-state index is 12.5. The monoisotopic (exact) mass is 299 g/mol. The number of fused-ring (bicyclic) bond motifs is 1. The molecule has 2 amide bonds. The molecule has 1 saturated heterocycles. The van der Waals surface area contributed by atoms with Crippen molar-refractivity contribution in [2.24, 2.45) is 0 Å². The van der Waals surface area contributed by atoms with Crippen LogP contribution in [-0.4, -0.2) is 41.7 Å². The van der Waals surface area contributed by atoms with Gasteiger partial charge < -0.3 is 15.0 Å². The van der Waals surface area contributed by atoms with Gasteiger partial charge in [-0.3, -0.25) is 4.98 Å². The lowest BCUT2D eigenvalue weighted by molar-refractivity contribution is 0.0181. The number of nitrogens with zero attached hydrogens (tertiary/aromatic N) is 2. The molecule has 116 valence electrons. The molecule has 0 saturated carbocycles. The molecule has 1 aliphatic heterocycles. The van der Waals surface area contributed by atoms with Crippen LogP contribution >= 0.6 is 0 Å². The number of amides is 2. The van der Waals surface area contributed by atoms with E-state index in [1.54, 1.807) is 6.20 Å². The van der Waals surface area contributed by atoms with Crippen molar-refractivity contribution in [3.8, 4) is 0 Å². The van der Waals surface area contributed by atoms with Crippen LogP contribution in [0.5, 0.6) is 0 Å². The summed E-state index contributed by atoms with van der Waals surface area (Å²) in [6, 6.07) is 9.61. The van der Waals surface area contributed by atoms with E-state index in [1.165, 1.54) is 0 Å². The largest absolute Gasteiger partial charge is 0.377 e. The van der Waals surface area contributed by atoms with Crippen LogP contribution in [-0.2, 0) is 4.74 Å². The molecule has 0 spiro atoms. The van der Waals surface area contributed by atoms with E-state index < -0.39 is 0 Å². The fourth-order valence-electron chi connectivity index (χ4n) is 2.89. The lowest BCUT2D eigenvalue weighted by Gasteiger charge is -2.32. The SMILES string of the molecule is CCO[C@H]1CCCN(C(=O)Nc2cccc3cccnc23)C1. The number of hydrogen-bond donors (Lipinski definition) is 1. The number of aromatic nitrogens is 1. The normalized spacial score (nSPS) is 18.4. The second kappa shape index (κ2) is 6.75. The van der Waals surface area contributed by atoms with E-state index in [1.807, 2.05) is 42.2 Å². The number of para-hydroxylation sites is 1. The fraction of sp³-hybridized carbons (Fsp3) is 0.412. The van der Waals surface area contributed by atoms with E-state index in [4.69, 9.17) is 4.74 Å². The number of anilines is 1. The van der Waals surface area contributed by atoms with Crippen molar-refractivity contribution in [2.75, 3.05) is 25.0 Å². The lowest BCUT2D eigenvalue weighted by Crippen LogP contribution is -2.45. The molecule has 0 radical (unpaired) electrons. The van der Waals surface area contributed by atoms with E-state index in [0.29, 0.717) is 13.2 Å². The molecule has 1 atom stereocenters. The van der Waals surface area contributed by atoms with Gasteiger partial charge in [0.15, 0.2) is 0 Å². The Morgan fingerprint density at radius 2 is 2.27 bits per heavy atom. The highest BCUT2D eigenvalue weighted by Gasteiger charge is 2.24. The van der Waals surface area contributed by atoms with Crippen LogP contribution in [0.3, 0.4) is 0 Å². The quantitative estimate of drug-likeness (QED) is 0.946. The molecule has 5 nitrogen and oxygen atoms in total. The summed E-state index contributed by atoms with van der Waals surface area (Å²) in [4.78, 5) is 18.7. The first-order chi connectivity index (χ1) is 10.8. The molecular formula is C17H21N3O2. The molecule has 2 heterocycles. The number of pyridine rings is 1. The van der Waals surface area contributed by atoms with Crippen molar-refractivity contribution in [3.05, 3.63) is 36.5 Å². The summed E-state index contributed by atoms with van der Waals surface area (Å²) in [7, 11) is 0. The van der Waals surface area contributed by atoms with Gasteiger partial charge in [-0.2, -0.15) is 0 Å². The molecule has 0 aliphatic carbocycles. The Balaban J connectivity index is 1.73. The number of piperidine rings is 1. The molecule has 1 aliphatic rings. The van der Waals surface area contributed by atoms with Gasteiger partial charge in [-0.05, 0) is 31.9 Å². The van der Waals surface area contributed by atoms with Crippen molar-refractivity contribution < 1.29 is 9.53 Å². The Bertz CT molecular complexity index is 652. The minimum absolute atomic E-state index is 0.0810. The van der Waals surface area contributed by atoms with E-state index in [2.05, 4.69) is 10.3 Å². The number of carbonyl (C=O) groups excluding carboxylic acids is 1. The summed E-state index contributed by atoms with van der Waals surface area (Å²) in [6.45, 7) is 4.10. The maximum absolute atomic E-state index is 12.5. The highest BCUT2D eigenvalue weighted by Crippen LogP contribution is 2.22. The molecule has 0 bridgehead atoms. The number of hydrogen-bond acceptors (Lipinski definition) is 3. The summed E-state index contributed by atoms with van der Waals surface area (Å²) < 4.78 is 5.65. The van der Waals surface area contributed by atoms with E-state index in [0.717, 1.165) is 36.0 Å². The Morgan fingerprint density at radius 3 is 3.14 bits per heavy atom. The van der Waals surface area contributed by atoms with E-state index in [-0.39, 0.29) is 12.1 Å². The zero-order valence-corrected chi connectivity index (χ0v) is 12.8. The van der Waals surface area contributed by atoms with Crippen molar-refractivity contribution in [1.29, 1.82) is 0 Å². The smallest absolute Gasteiger partial charge is 0.321 e. The summed E-state index contributed by atoms with van der Waals surface area (Å²) >= 11 is 0. The summed E-state index contributed by atoms with van der Waals surface area (Å²) in [5, 5.41) is 4.01. The second-order valence-electron chi connectivity index (χ2n) is 5.48. The van der Waals surface area contributed by atoms with E-state index >= 15 is 0 Å². The zero-order chi connectivity index (χ0) is 15.4. The molecule has 1 aromatic heterocycles. The predicted octanol–water partition coefficient (Wildman–Crippen LogP) is 3.27. The third kappa shape index (κ3) is 3.20. The molecule has 1 N–H and O–H groups in total. The first kappa shape index (κ1) is 14.8. The van der Waals surface area contributed by atoms with Crippen LogP contribution in [0.4, 0.5) is 10.5 Å². The van der Waals surface area contributed by atoms with Gasteiger partial charge in [-0.15, -0.1) is 0 Å². The molecular weight excluding hydrogens is 278 g/mol. The topological polar surface area (TPSA) is 54.5 Å². The summed E-state index contributed by atoms with van der Waals surface area (Å²) in [6.07, 6.45) is 3.89. The van der Waals surface area contributed by atoms with Gasteiger partial charge in [-0.1, -0.05) is 18.2 Å². The average Bonchev–Trinajstić information content (AvgIpc) is 2.56. The molecule has 3 rings (SSSR count). The van der Waals surface area contributed by atoms with Crippen LogP contribution in [0.1, 0.15) is 19.8 Å². The molecule has 22 heavy (non-hydrogen) atoms. The summed E-state index contributed by atoms with van der Waals surface area (Å²) in [5.41, 5.74) is 1.57. The minimum Gasteiger partial charge on any atom is -0.377 e. The van der Waals surface area contributed by atoms with Gasteiger partial charge in [0.05, 0.1) is 17.3 Å². The highest BCUT2D eigenvalue weighted by molar-refractivity contribution is 5.99. The molecule has 2 aromatic rings. The van der Waals surface area contributed by atoms with Crippen molar-refractivity contribution in [1.82, 2.24) is 9.88 Å². The number of carbonyl (C=O) groups is 1. The van der Waals surface area contributed by atoms with Gasteiger partial charge in [-0.25, -0.2) is 4.79 Å². The number of ether oxygens (including phenoxy) is 1. The van der Waals surface area contributed by atoms with Gasteiger partial charge in [0.1, 0.15) is 0 Å². The standard InChI is InChI=1S/C17H21N3O2/c1-2-22-14-8-5-11-20(12-14)17(21)19-15-9-3-6-13-7-4-10-18-16(13)15/h3-4,6-7,9-10,14H,2,5,8,11-12H2,1H3,(H,19,21)/t14-/m0/s1. The van der Waals surface area contributed by atoms with Crippen LogP contribution < -0.4 is 5.32 Å². The molecule has 1 fully saturated rings. The number of likely N-dealkylation sites (tertiary alicyclic amines) is 1. The van der Waals surface area contributed by atoms with Crippen LogP contribution in [0.25, 0.3) is 10.9 Å². The third-order valence-electron chi connectivity index (χ3n) is 3.94. The molecule has 0 unspecified atom stereocenters. The van der Waals surface area contributed by atoms with Crippen molar-refractivity contribution >= 4 is 22.6 Å². The van der Waals surface area contributed by atoms with Crippen LogP contribution in [0.2, 0.25) is 0 Å². The Hall–Kier alpha value is -2.14. The number of urea groups is 1. The van der Waals surface area contributed by atoms with E-state index in [9.17, 15) is 4.79 Å². The van der Waals surface area contributed by atoms with Crippen molar-refractivity contribution in [3.63, 3.8) is 0 Å². The molecule has 1 aromatic carbocycles. The zero-order valence-electron chi connectivity index (χ0n) is 12.8. The lowest BCUT2D eigenvalue weighted by atomic mass is 10.1. The Labute approximate surface area is 130 Å². The second-order valence-corrected chi connectivity index (χ2v) is 5.48. The van der Waals surface area contributed by atoms with Gasteiger partial charge in [0.2, 0.25) is 0 Å². The first-order valence-electron chi connectivity index (χ1n) is 7.79. The van der Waals surface area contributed by atoms with Crippen LogP contribution in [0, 0.1) is 0 Å². The Morgan fingerprint density at radius 1 is 1.41 bits per heavy atom. The maximum Gasteiger partial charge on any atom is 0.321 e. The first-order valence-corrected chi connectivity index (χ1v) is 7.79. The van der Waals surface area contributed by atoms with Gasteiger partial charge in [0.25, 0.3) is 0 Å². The molecule has 5 heteroatoms. The third-order valence-corrected chi connectivity index (χ3v) is 3.94.